The number of ether oxygens (including phenoxy) is 1. The minimum atomic E-state index is -0.962. The number of hydrogen-bond acceptors (Lipinski definition) is 4. The molecule has 0 aromatic heterocycles. The van der Waals surface area contributed by atoms with Gasteiger partial charge in [-0.15, -0.1) is 0 Å². The second-order valence-electron chi connectivity index (χ2n) is 5.03. The Bertz CT molecular complexity index is 454. The fourth-order valence-electron chi connectivity index (χ4n) is 1.68. The van der Waals surface area contributed by atoms with Crippen LogP contribution < -0.4 is 4.74 Å². The van der Waals surface area contributed by atoms with Crippen LogP contribution in [0.15, 0.2) is 30.3 Å². The molecule has 21 heavy (non-hydrogen) atoms. The fraction of sp³-hybridized carbons (Fsp3) is 0.438. The molecule has 0 amide bonds. The van der Waals surface area contributed by atoms with Gasteiger partial charge in [-0.2, -0.15) is 0 Å². The minimum absolute atomic E-state index is 0.278. The molecule has 1 aromatic rings. The molecular formula is C16H23NO4. The molecule has 1 unspecified atom stereocenters. The monoisotopic (exact) mass is 293 g/mol. The first-order chi connectivity index (χ1) is 9.97. The Morgan fingerprint density at radius 3 is 2.57 bits per heavy atom. The maximum atomic E-state index is 10.4. The normalized spacial score (nSPS) is 12.8. The zero-order chi connectivity index (χ0) is 15.7. The number of likely N-dealkylation sites (N-methyl/N-ethyl adjacent to an activating group) is 1. The van der Waals surface area contributed by atoms with E-state index < -0.39 is 5.97 Å². The van der Waals surface area contributed by atoms with Crippen LogP contribution in [0.25, 0.3) is 6.08 Å². The highest BCUT2D eigenvalue weighted by Gasteiger charge is 2.02. The van der Waals surface area contributed by atoms with E-state index in [1.165, 1.54) is 6.08 Å². The topological polar surface area (TPSA) is 70.0 Å². The van der Waals surface area contributed by atoms with Crippen molar-refractivity contribution in [1.82, 2.24) is 4.90 Å². The molecule has 0 saturated carbocycles. The van der Waals surface area contributed by atoms with Crippen LogP contribution in [0, 0.1) is 0 Å². The lowest BCUT2D eigenvalue weighted by Crippen LogP contribution is -2.27. The molecule has 1 aromatic carbocycles. The van der Waals surface area contributed by atoms with E-state index in [1.807, 2.05) is 31.3 Å². The predicted octanol–water partition coefficient (Wildman–Crippen LogP) is 1.87. The molecule has 2 N–H and O–H groups in total. The van der Waals surface area contributed by atoms with E-state index in [-0.39, 0.29) is 6.10 Å². The van der Waals surface area contributed by atoms with Crippen molar-refractivity contribution in [3.63, 3.8) is 0 Å². The van der Waals surface area contributed by atoms with Crippen LogP contribution in [0.4, 0.5) is 0 Å². The van der Waals surface area contributed by atoms with Crippen LogP contribution in [0.5, 0.6) is 5.75 Å². The summed E-state index contributed by atoms with van der Waals surface area (Å²) in [5.74, 6) is -0.207. The molecule has 0 radical (unpaired) electrons. The predicted molar refractivity (Wildman–Crippen MR) is 82.4 cm³/mol. The maximum Gasteiger partial charge on any atom is 0.328 e. The second-order valence-corrected chi connectivity index (χ2v) is 5.03. The third-order valence-electron chi connectivity index (χ3n) is 2.97. The first kappa shape index (κ1) is 17.2. The quantitative estimate of drug-likeness (QED) is 0.680. The van der Waals surface area contributed by atoms with Gasteiger partial charge in [0.2, 0.25) is 0 Å². The van der Waals surface area contributed by atoms with Gasteiger partial charge in [-0.05, 0) is 44.2 Å². The molecule has 5 heteroatoms. The van der Waals surface area contributed by atoms with Crippen molar-refractivity contribution in [1.29, 1.82) is 0 Å². The number of carboxylic acid groups (broad SMARTS) is 1. The molecule has 0 aliphatic heterocycles. The molecule has 5 nitrogen and oxygen atoms in total. The van der Waals surface area contributed by atoms with Gasteiger partial charge in [-0.3, -0.25) is 0 Å². The lowest BCUT2D eigenvalue weighted by Gasteiger charge is -2.17. The van der Waals surface area contributed by atoms with Crippen molar-refractivity contribution in [3.05, 3.63) is 35.9 Å². The van der Waals surface area contributed by atoms with E-state index in [0.29, 0.717) is 6.61 Å². The average molecular weight is 293 g/mol. The number of benzene rings is 1. The summed E-state index contributed by atoms with van der Waals surface area (Å²) in [6.45, 7) is 3.97. The van der Waals surface area contributed by atoms with Gasteiger partial charge < -0.3 is 19.8 Å². The van der Waals surface area contributed by atoms with E-state index in [4.69, 9.17) is 9.84 Å². The maximum absolute atomic E-state index is 10.4. The number of rotatable bonds is 9. The largest absolute Gasteiger partial charge is 0.492 e. The van der Waals surface area contributed by atoms with E-state index in [9.17, 15) is 9.90 Å². The van der Waals surface area contributed by atoms with Gasteiger partial charge >= 0.3 is 5.97 Å². The fourth-order valence-corrected chi connectivity index (χ4v) is 1.68. The molecule has 0 saturated heterocycles. The smallest absolute Gasteiger partial charge is 0.328 e. The van der Waals surface area contributed by atoms with Crippen molar-refractivity contribution in [3.8, 4) is 5.75 Å². The Kier molecular flexibility index (Phi) is 7.50. The average Bonchev–Trinajstić information content (AvgIpc) is 2.44. The molecule has 1 rings (SSSR count). The standard InChI is InChI=1S/C16H23NO4/c1-13(18)9-10-17(2)11-12-21-15-6-3-14(4-7-15)5-8-16(19)20/h3-8,13,18H,9-12H2,1-2H3,(H,19,20)/b8-5+. The summed E-state index contributed by atoms with van der Waals surface area (Å²) in [6.07, 6.45) is 3.11. The first-order valence-corrected chi connectivity index (χ1v) is 6.98. The van der Waals surface area contributed by atoms with Crippen molar-refractivity contribution < 1.29 is 19.7 Å². The molecule has 1 atom stereocenters. The number of aliphatic hydroxyl groups excluding tert-OH is 1. The van der Waals surface area contributed by atoms with Crippen molar-refractivity contribution in [2.24, 2.45) is 0 Å². The van der Waals surface area contributed by atoms with E-state index in [2.05, 4.69) is 4.90 Å². The Labute approximate surface area is 125 Å². The molecule has 0 bridgehead atoms. The Balaban J connectivity index is 2.31. The highest BCUT2D eigenvalue weighted by molar-refractivity contribution is 5.85. The lowest BCUT2D eigenvalue weighted by molar-refractivity contribution is -0.131. The van der Waals surface area contributed by atoms with Gasteiger partial charge in [0.25, 0.3) is 0 Å². The van der Waals surface area contributed by atoms with Crippen molar-refractivity contribution in [2.75, 3.05) is 26.7 Å². The third-order valence-corrected chi connectivity index (χ3v) is 2.97. The highest BCUT2D eigenvalue weighted by atomic mass is 16.5. The minimum Gasteiger partial charge on any atom is -0.492 e. The second kappa shape index (κ2) is 9.15. The van der Waals surface area contributed by atoms with Crippen LogP contribution in [0.1, 0.15) is 18.9 Å². The van der Waals surface area contributed by atoms with Crippen LogP contribution in [-0.4, -0.2) is 53.9 Å². The van der Waals surface area contributed by atoms with Crippen LogP contribution >= 0.6 is 0 Å². The third kappa shape index (κ3) is 8.12. The number of carboxylic acids is 1. The summed E-state index contributed by atoms with van der Waals surface area (Å²) in [7, 11) is 1.99. The number of carbonyl (C=O) groups is 1. The van der Waals surface area contributed by atoms with E-state index in [0.717, 1.165) is 36.9 Å². The highest BCUT2D eigenvalue weighted by Crippen LogP contribution is 2.13. The summed E-state index contributed by atoms with van der Waals surface area (Å²) < 4.78 is 5.62. The zero-order valence-electron chi connectivity index (χ0n) is 12.5. The van der Waals surface area contributed by atoms with Gasteiger partial charge in [0.05, 0.1) is 6.10 Å². The summed E-state index contributed by atoms with van der Waals surface area (Å²) in [5.41, 5.74) is 0.818. The molecule has 0 spiro atoms. The summed E-state index contributed by atoms with van der Waals surface area (Å²) in [5, 5.41) is 17.8. The Morgan fingerprint density at radius 1 is 1.33 bits per heavy atom. The van der Waals surface area contributed by atoms with Gasteiger partial charge in [-0.1, -0.05) is 12.1 Å². The van der Waals surface area contributed by atoms with Gasteiger partial charge in [0.15, 0.2) is 0 Å². The number of hydrogen-bond donors (Lipinski definition) is 2. The van der Waals surface area contributed by atoms with Crippen molar-refractivity contribution >= 4 is 12.0 Å². The molecule has 116 valence electrons. The number of aliphatic hydroxyl groups is 1. The van der Waals surface area contributed by atoms with E-state index in [1.54, 1.807) is 6.92 Å². The number of nitrogens with zero attached hydrogens (tertiary/aromatic N) is 1. The molecule has 0 aliphatic carbocycles. The van der Waals surface area contributed by atoms with E-state index >= 15 is 0 Å². The molecule has 0 aliphatic rings. The van der Waals surface area contributed by atoms with Gasteiger partial charge in [-0.25, -0.2) is 4.79 Å². The van der Waals surface area contributed by atoms with Crippen molar-refractivity contribution in [2.45, 2.75) is 19.4 Å². The number of aliphatic carboxylic acids is 1. The van der Waals surface area contributed by atoms with Crippen LogP contribution in [-0.2, 0) is 4.79 Å². The van der Waals surface area contributed by atoms with Crippen LogP contribution in [0.3, 0.4) is 0 Å². The summed E-state index contributed by atoms with van der Waals surface area (Å²) >= 11 is 0. The summed E-state index contributed by atoms with van der Waals surface area (Å²) in [6, 6.07) is 7.26. The SMILES string of the molecule is CC(O)CCN(C)CCOc1ccc(/C=C/C(=O)O)cc1. The molecule has 0 fully saturated rings. The Hall–Kier alpha value is -1.85. The zero-order valence-corrected chi connectivity index (χ0v) is 12.5. The molecule has 0 heterocycles. The summed E-state index contributed by atoms with van der Waals surface area (Å²) in [4.78, 5) is 12.5. The first-order valence-electron chi connectivity index (χ1n) is 6.98. The van der Waals surface area contributed by atoms with Crippen LogP contribution in [0.2, 0.25) is 0 Å². The lowest BCUT2D eigenvalue weighted by atomic mass is 10.2. The van der Waals surface area contributed by atoms with Gasteiger partial charge in [0, 0.05) is 19.2 Å². The van der Waals surface area contributed by atoms with Gasteiger partial charge in [0.1, 0.15) is 12.4 Å². The Morgan fingerprint density at radius 2 is 2.00 bits per heavy atom. The molecular weight excluding hydrogens is 270 g/mol.